The first-order valence-electron chi connectivity index (χ1n) is 4.62. The van der Waals surface area contributed by atoms with E-state index < -0.39 is 0 Å². The molecular weight excluding hydrogens is 381 g/mol. The van der Waals surface area contributed by atoms with Crippen molar-refractivity contribution in [3.05, 3.63) is 50.0 Å². The van der Waals surface area contributed by atoms with E-state index in [-0.39, 0.29) is 26.5 Å². The van der Waals surface area contributed by atoms with Crippen LogP contribution in [0, 0.1) is 0 Å². The van der Waals surface area contributed by atoms with Crippen molar-refractivity contribution in [3.63, 3.8) is 0 Å². The summed E-state index contributed by atoms with van der Waals surface area (Å²) in [4.78, 5) is 12.2. The van der Waals surface area contributed by atoms with Crippen LogP contribution in [-0.4, -0.2) is 9.79 Å². The van der Waals surface area contributed by atoms with Crippen molar-refractivity contribution in [2.45, 2.75) is 0 Å². The summed E-state index contributed by atoms with van der Waals surface area (Å²) in [5, 5.41) is 0. The van der Waals surface area contributed by atoms with E-state index >= 15 is 0 Å². The predicted octanol–water partition coefficient (Wildman–Crippen LogP) is 3.44. The van der Waals surface area contributed by atoms with Crippen LogP contribution in [0.1, 0.15) is 10.4 Å². The first-order valence-corrected chi connectivity index (χ1v) is 7.73. The third-order valence-electron chi connectivity index (χ3n) is 2.08. The summed E-state index contributed by atoms with van der Waals surface area (Å²) in [6.07, 6.45) is 5.76. The molecule has 0 saturated heterocycles. The van der Waals surface area contributed by atoms with Gasteiger partial charge in [-0.3, -0.25) is 4.79 Å². The molecule has 16 heavy (non-hydrogen) atoms. The standard InChI is InChI=1S/C12H9BrINO/c13-8-4-5-11(15)9(7-8)12(16)10-3-1-2-6-14-10/h1-7H,15H2. The van der Waals surface area contributed by atoms with E-state index in [4.69, 9.17) is 5.73 Å². The molecule has 2 N–H and O–H groups in total. The fraction of sp³-hybridized carbons (Fsp3) is 0. The minimum atomic E-state index is -0.311. The molecule has 4 heteroatoms. The van der Waals surface area contributed by atoms with Gasteiger partial charge in [0.1, 0.15) is 0 Å². The van der Waals surface area contributed by atoms with Crippen molar-refractivity contribution in [1.82, 2.24) is 0 Å². The number of nitrogens with two attached hydrogens (primary N) is 1. The largest absolute Gasteiger partial charge is 0.398 e. The van der Waals surface area contributed by atoms with Gasteiger partial charge in [-0.2, -0.15) is 0 Å². The van der Waals surface area contributed by atoms with Gasteiger partial charge in [0, 0.05) is 15.7 Å². The Kier molecular flexibility index (Phi) is 3.70. The van der Waals surface area contributed by atoms with Gasteiger partial charge in [0.15, 0.2) is 0 Å². The zero-order valence-corrected chi connectivity index (χ0v) is 12.0. The number of ketones is 1. The zero-order chi connectivity index (χ0) is 11.5. The normalized spacial score (nSPS) is 14.2. The van der Waals surface area contributed by atoms with Gasteiger partial charge < -0.3 is 5.73 Å². The SMILES string of the molecule is Nc1ccc(Br)cc1C(=O)C1=CC=CC=I1. The Morgan fingerprint density at radius 2 is 2.12 bits per heavy atom. The molecule has 0 aliphatic carbocycles. The number of hydrogen-bond donors (Lipinski definition) is 1. The smallest absolute Gasteiger partial charge is 0.200 e. The van der Waals surface area contributed by atoms with Gasteiger partial charge in [-0.05, 0) is 28.3 Å². The number of Topliss-reactive ketones (excluding diaryl/α,β-unsaturated/α-hetero) is 1. The summed E-state index contributed by atoms with van der Waals surface area (Å²) in [7, 11) is 0. The summed E-state index contributed by atoms with van der Waals surface area (Å²) >= 11 is 3.04. The number of rotatable bonds is 2. The summed E-state index contributed by atoms with van der Waals surface area (Å²) in [6, 6.07) is 5.36. The molecule has 0 radical (unpaired) electrons. The van der Waals surface area contributed by atoms with E-state index in [1.165, 1.54) is 0 Å². The maximum Gasteiger partial charge on any atom is 0.200 e. The van der Waals surface area contributed by atoms with E-state index in [1.807, 2.05) is 24.3 Å². The van der Waals surface area contributed by atoms with Gasteiger partial charge in [0.05, 0.1) is 3.58 Å². The fourth-order valence-electron chi connectivity index (χ4n) is 1.30. The van der Waals surface area contributed by atoms with Crippen LogP contribution in [0.3, 0.4) is 0 Å². The highest BCUT2D eigenvalue weighted by Crippen LogP contribution is 2.26. The summed E-state index contributed by atoms with van der Waals surface area (Å²) in [5.74, 6) is 0.0483. The van der Waals surface area contributed by atoms with Crippen LogP contribution in [0.2, 0.25) is 0 Å². The number of hydrogen-bond acceptors (Lipinski definition) is 2. The molecule has 1 aromatic rings. The van der Waals surface area contributed by atoms with Gasteiger partial charge in [0.2, 0.25) is 5.78 Å². The highest BCUT2D eigenvalue weighted by molar-refractivity contribution is 14.2. The number of halogens is 2. The number of anilines is 1. The van der Waals surface area contributed by atoms with Crippen molar-refractivity contribution < 1.29 is 4.79 Å². The Morgan fingerprint density at radius 3 is 2.81 bits per heavy atom. The second kappa shape index (κ2) is 5.05. The molecule has 1 heterocycles. The van der Waals surface area contributed by atoms with Gasteiger partial charge in [-0.15, -0.1) is 0 Å². The molecule has 0 amide bonds. The van der Waals surface area contributed by atoms with Crippen LogP contribution in [-0.2, 0) is 0 Å². The molecule has 0 saturated carbocycles. The average molecular weight is 390 g/mol. The minimum Gasteiger partial charge on any atom is -0.398 e. The quantitative estimate of drug-likeness (QED) is 0.478. The third-order valence-corrected chi connectivity index (χ3v) is 4.87. The number of carbonyl (C=O) groups excluding carboxylic acids is 1. The minimum absolute atomic E-state index is 0.0483. The van der Waals surface area contributed by atoms with E-state index in [9.17, 15) is 4.79 Å². The lowest BCUT2D eigenvalue weighted by atomic mass is 10.1. The van der Waals surface area contributed by atoms with E-state index in [1.54, 1.807) is 12.1 Å². The highest BCUT2D eigenvalue weighted by Gasteiger charge is 2.14. The average Bonchev–Trinajstić information content (AvgIpc) is 2.32. The van der Waals surface area contributed by atoms with Crippen molar-refractivity contribution >= 4 is 52.1 Å². The molecule has 82 valence electrons. The first kappa shape index (κ1) is 11.7. The van der Waals surface area contributed by atoms with E-state index in [2.05, 4.69) is 19.9 Å². The lowest BCUT2D eigenvalue weighted by molar-refractivity contribution is 0.104. The molecule has 0 fully saturated rings. The lowest BCUT2D eigenvalue weighted by Gasteiger charge is -2.06. The molecule has 2 nitrogen and oxygen atoms in total. The Balaban J connectivity index is 2.41. The van der Waals surface area contributed by atoms with Gasteiger partial charge in [0.25, 0.3) is 0 Å². The molecule has 1 aliphatic heterocycles. The number of allylic oxidation sites excluding steroid dienone is 4. The molecule has 0 bridgehead atoms. The lowest BCUT2D eigenvalue weighted by Crippen LogP contribution is -2.04. The number of nitrogen functional groups attached to an aromatic ring is 1. The van der Waals surface area contributed by atoms with E-state index in [0.29, 0.717) is 11.3 Å². The fourth-order valence-corrected chi connectivity index (χ4v) is 3.49. The van der Waals surface area contributed by atoms with Crippen molar-refractivity contribution in [1.29, 1.82) is 0 Å². The second-order valence-electron chi connectivity index (χ2n) is 3.20. The Bertz CT molecular complexity index is 532. The molecule has 0 atom stereocenters. The number of carbonyl (C=O) groups is 1. The zero-order valence-electron chi connectivity index (χ0n) is 8.28. The second-order valence-corrected chi connectivity index (χ2v) is 6.62. The summed E-state index contributed by atoms with van der Waals surface area (Å²) in [6.45, 7) is 0. The first-order chi connectivity index (χ1) is 7.68. The van der Waals surface area contributed by atoms with Gasteiger partial charge in [-0.25, -0.2) is 0 Å². The van der Waals surface area contributed by atoms with Crippen LogP contribution < -0.4 is 5.73 Å². The Morgan fingerprint density at radius 1 is 1.31 bits per heavy atom. The number of benzene rings is 1. The molecule has 2 rings (SSSR count). The van der Waals surface area contributed by atoms with Crippen LogP contribution in [0.5, 0.6) is 0 Å². The van der Waals surface area contributed by atoms with Gasteiger partial charge >= 0.3 is 0 Å². The summed E-state index contributed by atoms with van der Waals surface area (Å²) in [5.41, 5.74) is 6.93. The highest BCUT2D eigenvalue weighted by atomic mass is 127. The molecule has 1 aromatic carbocycles. The monoisotopic (exact) mass is 389 g/mol. The van der Waals surface area contributed by atoms with Crippen LogP contribution in [0.25, 0.3) is 0 Å². The molecule has 0 spiro atoms. The van der Waals surface area contributed by atoms with Crippen LogP contribution in [0.15, 0.2) is 44.5 Å². The molecular formula is C12H9BrINO. The van der Waals surface area contributed by atoms with Crippen molar-refractivity contribution in [2.75, 3.05) is 5.73 Å². The van der Waals surface area contributed by atoms with Crippen molar-refractivity contribution in [3.8, 4) is 0 Å². The van der Waals surface area contributed by atoms with E-state index in [0.717, 1.165) is 8.05 Å². The molecule has 0 unspecified atom stereocenters. The predicted molar refractivity (Wildman–Crippen MR) is 80.2 cm³/mol. The summed E-state index contributed by atoms with van der Waals surface area (Å²) < 4.78 is 3.82. The maximum atomic E-state index is 12.2. The Hall–Kier alpha value is -0.750. The van der Waals surface area contributed by atoms with Crippen molar-refractivity contribution in [2.24, 2.45) is 0 Å². The molecule has 0 aromatic heterocycles. The van der Waals surface area contributed by atoms with Crippen LogP contribution in [0.4, 0.5) is 5.69 Å². The maximum absolute atomic E-state index is 12.2. The topological polar surface area (TPSA) is 43.1 Å². The van der Waals surface area contributed by atoms with Crippen LogP contribution >= 0.6 is 36.7 Å². The third kappa shape index (κ3) is 2.49. The molecule has 1 aliphatic rings. The Labute approximate surface area is 112 Å². The van der Waals surface area contributed by atoms with Gasteiger partial charge in [-0.1, -0.05) is 48.8 Å².